The summed E-state index contributed by atoms with van der Waals surface area (Å²) in [6.07, 6.45) is -0.0735. The van der Waals surface area contributed by atoms with Crippen LogP contribution in [0.3, 0.4) is 0 Å². The highest BCUT2D eigenvalue weighted by atomic mass is 35.5. The van der Waals surface area contributed by atoms with E-state index in [0.29, 0.717) is 6.42 Å². The second-order valence-electron chi connectivity index (χ2n) is 12.5. The van der Waals surface area contributed by atoms with Gasteiger partial charge < -0.3 is 37.9 Å². The molecule has 0 saturated heterocycles. The van der Waals surface area contributed by atoms with Gasteiger partial charge in [-0.2, -0.15) is 4.99 Å². The Morgan fingerprint density at radius 1 is 0.868 bits per heavy atom. The average Bonchev–Trinajstić information content (AvgIpc) is 3.12. The van der Waals surface area contributed by atoms with Gasteiger partial charge in [-0.15, -0.1) is 0 Å². The lowest BCUT2D eigenvalue weighted by atomic mass is 9.92. The molecule has 0 aliphatic carbocycles. The number of hydrogen-bond donors (Lipinski definition) is 6. The molecule has 53 heavy (non-hydrogen) atoms. The molecule has 1 heterocycles. The molecule has 16 nitrogen and oxygen atoms in total. The van der Waals surface area contributed by atoms with Gasteiger partial charge in [0.25, 0.3) is 0 Å². The van der Waals surface area contributed by atoms with E-state index in [2.05, 4.69) is 30.9 Å². The minimum atomic E-state index is -0.953. The van der Waals surface area contributed by atoms with Crippen LogP contribution in [0.1, 0.15) is 61.1 Å². The quantitative estimate of drug-likeness (QED) is 0.0550. The third-order valence-electron chi connectivity index (χ3n) is 7.58. The van der Waals surface area contributed by atoms with Gasteiger partial charge in [-0.3, -0.25) is 24.0 Å². The summed E-state index contributed by atoms with van der Waals surface area (Å²) < 4.78 is 5.51. The largest absolute Gasteiger partial charge is 0.459 e. The van der Waals surface area contributed by atoms with Crippen LogP contribution in [0.4, 0.5) is 11.6 Å². The molecule has 17 heteroatoms. The van der Waals surface area contributed by atoms with E-state index in [9.17, 15) is 28.8 Å². The summed E-state index contributed by atoms with van der Waals surface area (Å²) in [5.74, 6) is -5.09. The number of carbonyl (C=O) groups is 6. The van der Waals surface area contributed by atoms with E-state index in [1.807, 2.05) is 74.5 Å². The fourth-order valence-electron chi connectivity index (χ4n) is 4.98. The van der Waals surface area contributed by atoms with E-state index in [-0.39, 0.29) is 73.8 Å². The maximum Gasteiger partial charge on any atom is 0.328 e. The Hall–Kier alpha value is -5.90. The number of halogens is 1. The summed E-state index contributed by atoms with van der Waals surface area (Å²) in [6, 6.07) is 17.4. The van der Waals surface area contributed by atoms with Gasteiger partial charge in [-0.25, -0.2) is 14.8 Å². The Labute approximate surface area is 311 Å². The van der Waals surface area contributed by atoms with Gasteiger partial charge in [0.2, 0.25) is 11.8 Å². The Kier molecular flexibility index (Phi) is 16.3. The van der Waals surface area contributed by atoms with Crippen molar-refractivity contribution in [1.29, 1.82) is 0 Å². The fraction of sp³-hybridized carbons (Fsp3) is 0.361. The average molecular weight is 750 g/mol. The van der Waals surface area contributed by atoms with Crippen molar-refractivity contribution in [2.24, 2.45) is 28.3 Å². The van der Waals surface area contributed by atoms with Gasteiger partial charge in [0.15, 0.2) is 40.0 Å². The Bertz CT molecular complexity index is 1790. The molecule has 282 valence electrons. The number of guanidine groups is 1. The number of ether oxygens (including phenoxy) is 1. The molecule has 3 aromatic rings. The summed E-state index contributed by atoms with van der Waals surface area (Å²) in [5, 5.41) is 7.68. The van der Waals surface area contributed by atoms with Gasteiger partial charge in [0.1, 0.15) is 12.6 Å². The number of esters is 1. The number of amides is 3. The molecule has 0 fully saturated rings. The van der Waals surface area contributed by atoms with Crippen LogP contribution in [0, 0.1) is 11.8 Å². The van der Waals surface area contributed by atoms with Crippen LogP contribution in [0.2, 0.25) is 5.15 Å². The van der Waals surface area contributed by atoms with Crippen LogP contribution in [0.5, 0.6) is 0 Å². The second kappa shape index (κ2) is 20.8. The molecule has 9 N–H and O–H groups in total. The molecule has 2 aromatic carbocycles. The molecule has 0 aliphatic rings. The van der Waals surface area contributed by atoms with E-state index in [1.165, 1.54) is 0 Å². The number of Topliss-reactive ketones (excluding diaryl/α,β-unsaturated/α-hetero) is 2. The molecular formula is C36H44ClN9O7. The van der Waals surface area contributed by atoms with Crippen molar-refractivity contribution in [2.45, 2.75) is 58.6 Å². The minimum absolute atomic E-state index is 0.0514. The van der Waals surface area contributed by atoms with E-state index >= 15 is 0 Å². The number of rotatable bonds is 20. The molecule has 3 rings (SSSR count). The lowest BCUT2D eigenvalue weighted by Crippen LogP contribution is -2.46. The highest BCUT2D eigenvalue weighted by molar-refractivity contribution is 6.32. The highest BCUT2D eigenvalue weighted by Crippen LogP contribution is 2.21. The second-order valence-corrected chi connectivity index (χ2v) is 12.9. The first kappa shape index (κ1) is 41.5. The van der Waals surface area contributed by atoms with Crippen molar-refractivity contribution in [1.82, 2.24) is 20.6 Å². The standard InChI is InChI=1S/C36H44ClN9O7/c1-21(2)15-27(35(52)53-20-23-11-7-4-8-12-23)43-33(50)24(16-22-9-5-3-6-10-22)17-26(48)19-41-28(49)14-13-25(47)18-42-32-30(37)44-29(31(38)45-32)34(51)46-36(39)40/h3-12,21,24,27H,13-20H2,1-2H3,(H,41,49)(H,43,50)(H3,38,42,45)(H4,39,40,46,51). The van der Waals surface area contributed by atoms with Gasteiger partial charge >= 0.3 is 11.9 Å². The normalized spacial score (nSPS) is 11.8. The number of hydrogen-bond acceptors (Lipinski definition) is 11. The summed E-state index contributed by atoms with van der Waals surface area (Å²) >= 11 is 6.05. The lowest BCUT2D eigenvalue weighted by Gasteiger charge is -2.23. The predicted molar refractivity (Wildman–Crippen MR) is 198 cm³/mol. The number of nitrogens with zero attached hydrogens (tertiary/aromatic N) is 3. The zero-order valence-electron chi connectivity index (χ0n) is 29.5. The van der Waals surface area contributed by atoms with E-state index in [1.54, 1.807) is 0 Å². The molecule has 2 atom stereocenters. The summed E-state index contributed by atoms with van der Waals surface area (Å²) in [7, 11) is 0. The van der Waals surface area contributed by atoms with Crippen molar-refractivity contribution < 1.29 is 33.5 Å². The van der Waals surface area contributed by atoms with Crippen LogP contribution in [0.15, 0.2) is 65.7 Å². The number of aromatic nitrogens is 2. The zero-order chi connectivity index (χ0) is 38.9. The minimum Gasteiger partial charge on any atom is -0.459 e. The highest BCUT2D eigenvalue weighted by Gasteiger charge is 2.29. The molecule has 0 saturated carbocycles. The Morgan fingerprint density at radius 2 is 1.51 bits per heavy atom. The molecular weight excluding hydrogens is 706 g/mol. The van der Waals surface area contributed by atoms with E-state index < -0.39 is 53.2 Å². The third kappa shape index (κ3) is 14.7. The number of aliphatic imine (C=N–C) groups is 1. The number of nitrogen functional groups attached to an aromatic ring is 1. The number of benzene rings is 2. The maximum atomic E-state index is 13.6. The van der Waals surface area contributed by atoms with Crippen LogP contribution in [0.25, 0.3) is 0 Å². The van der Waals surface area contributed by atoms with E-state index in [0.717, 1.165) is 11.1 Å². The predicted octanol–water partition coefficient (Wildman–Crippen LogP) is 2.10. The topological polar surface area (TPSA) is 264 Å². The first-order valence-corrected chi connectivity index (χ1v) is 17.1. The Morgan fingerprint density at radius 3 is 2.13 bits per heavy atom. The van der Waals surface area contributed by atoms with Crippen LogP contribution in [-0.4, -0.2) is 70.3 Å². The van der Waals surface area contributed by atoms with Crippen LogP contribution >= 0.6 is 11.6 Å². The van der Waals surface area contributed by atoms with Crippen molar-refractivity contribution >= 4 is 64.5 Å². The number of anilines is 2. The molecule has 0 radical (unpaired) electrons. The first-order valence-electron chi connectivity index (χ1n) is 16.8. The number of nitrogens with two attached hydrogens (primary N) is 3. The van der Waals surface area contributed by atoms with Crippen molar-refractivity contribution in [3.05, 3.63) is 82.6 Å². The van der Waals surface area contributed by atoms with Gasteiger partial charge in [-0.05, 0) is 29.9 Å². The molecule has 3 amide bonds. The molecule has 0 aliphatic heterocycles. The van der Waals surface area contributed by atoms with Gasteiger partial charge in [-0.1, -0.05) is 86.1 Å². The van der Waals surface area contributed by atoms with Gasteiger partial charge in [0, 0.05) is 25.2 Å². The first-order chi connectivity index (χ1) is 25.2. The molecule has 2 unspecified atom stereocenters. The van der Waals surface area contributed by atoms with Crippen LogP contribution < -0.4 is 33.2 Å². The monoisotopic (exact) mass is 749 g/mol. The lowest BCUT2D eigenvalue weighted by molar-refractivity contribution is -0.150. The SMILES string of the molecule is CC(C)CC(NC(=O)C(CC(=O)CNC(=O)CCC(=O)CNc1nc(N)c(C(=O)N=C(N)N)nc1Cl)Cc1ccccc1)C(=O)OCc1ccccc1. The van der Waals surface area contributed by atoms with Crippen molar-refractivity contribution in [2.75, 3.05) is 24.1 Å². The Balaban J connectivity index is 1.53. The number of nitrogens with one attached hydrogen (secondary N) is 3. The third-order valence-corrected chi connectivity index (χ3v) is 7.85. The summed E-state index contributed by atoms with van der Waals surface area (Å²) in [5.41, 5.74) is 17.4. The van der Waals surface area contributed by atoms with Crippen molar-refractivity contribution in [3.63, 3.8) is 0 Å². The van der Waals surface area contributed by atoms with Crippen LogP contribution in [-0.2, 0) is 41.7 Å². The zero-order valence-corrected chi connectivity index (χ0v) is 30.2. The number of carbonyl (C=O) groups excluding carboxylic acids is 6. The fourth-order valence-corrected chi connectivity index (χ4v) is 5.18. The summed E-state index contributed by atoms with van der Waals surface area (Å²) in [4.78, 5) is 87.7. The molecule has 1 aromatic heterocycles. The molecule has 0 bridgehead atoms. The van der Waals surface area contributed by atoms with Crippen molar-refractivity contribution in [3.8, 4) is 0 Å². The van der Waals surface area contributed by atoms with E-state index in [4.69, 9.17) is 33.5 Å². The molecule has 0 spiro atoms. The number of ketones is 2. The summed E-state index contributed by atoms with van der Waals surface area (Å²) in [6.45, 7) is 3.23. The van der Waals surface area contributed by atoms with Gasteiger partial charge in [0.05, 0.1) is 13.1 Å². The smallest absolute Gasteiger partial charge is 0.328 e. The maximum absolute atomic E-state index is 13.6.